The second kappa shape index (κ2) is 5.61. The van der Waals surface area contributed by atoms with Crippen molar-refractivity contribution in [2.75, 3.05) is 0 Å². The summed E-state index contributed by atoms with van der Waals surface area (Å²) in [5.41, 5.74) is 1.56. The van der Waals surface area contributed by atoms with Gasteiger partial charge >= 0.3 is 0 Å². The largest absolute Gasteiger partial charge is 0.392 e. The SMILES string of the molecule is CCC(O)C(C)c1nc(-c2ccc3ccccc3n2)no1. The number of para-hydroxylation sites is 1. The molecule has 0 bridgehead atoms. The molecule has 0 aliphatic rings. The molecular formula is C16H17N3O2. The van der Waals surface area contributed by atoms with Crippen LogP contribution in [0.15, 0.2) is 40.9 Å². The minimum atomic E-state index is -0.483. The van der Waals surface area contributed by atoms with Crippen LogP contribution in [0.5, 0.6) is 0 Å². The van der Waals surface area contributed by atoms with Gasteiger partial charge in [-0.05, 0) is 18.6 Å². The molecule has 0 fully saturated rings. The van der Waals surface area contributed by atoms with Crippen molar-refractivity contribution < 1.29 is 9.63 Å². The first-order chi connectivity index (χ1) is 10.2. The quantitative estimate of drug-likeness (QED) is 0.796. The van der Waals surface area contributed by atoms with Crippen LogP contribution >= 0.6 is 0 Å². The molecule has 1 N–H and O–H groups in total. The number of fused-ring (bicyclic) bond motifs is 1. The molecule has 108 valence electrons. The first-order valence-corrected chi connectivity index (χ1v) is 7.07. The van der Waals surface area contributed by atoms with Crippen LogP contribution in [0, 0.1) is 0 Å². The summed E-state index contributed by atoms with van der Waals surface area (Å²) in [6.07, 6.45) is 0.162. The summed E-state index contributed by atoms with van der Waals surface area (Å²) in [6, 6.07) is 11.7. The Bertz CT molecular complexity index is 754. The number of nitrogens with zero attached hydrogens (tertiary/aromatic N) is 3. The van der Waals surface area contributed by atoms with Gasteiger partial charge in [-0.15, -0.1) is 0 Å². The van der Waals surface area contributed by atoms with E-state index in [1.807, 2.05) is 50.2 Å². The molecule has 21 heavy (non-hydrogen) atoms. The van der Waals surface area contributed by atoms with Gasteiger partial charge in [0.1, 0.15) is 5.69 Å². The highest BCUT2D eigenvalue weighted by atomic mass is 16.5. The second-order valence-electron chi connectivity index (χ2n) is 5.11. The molecule has 3 rings (SSSR count). The van der Waals surface area contributed by atoms with Crippen molar-refractivity contribution in [3.8, 4) is 11.5 Å². The van der Waals surface area contributed by atoms with Gasteiger partial charge in [0.25, 0.3) is 0 Å². The molecule has 5 nitrogen and oxygen atoms in total. The van der Waals surface area contributed by atoms with Crippen LogP contribution in [0.1, 0.15) is 32.1 Å². The zero-order valence-electron chi connectivity index (χ0n) is 12.0. The van der Waals surface area contributed by atoms with E-state index in [2.05, 4.69) is 15.1 Å². The Morgan fingerprint density at radius 2 is 1.95 bits per heavy atom. The number of aromatic nitrogens is 3. The summed E-state index contributed by atoms with van der Waals surface area (Å²) in [7, 11) is 0. The van der Waals surface area contributed by atoms with Crippen LogP contribution < -0.4 is 0 Å². The van der Waals surface area contributed by atoms with Gasteiger partial charge in [-0.25, -0.2) is 4.98 Å². The molecular weight excluding hydrogens is 266 g/mol. The minimum Gasteiger partial charge on any atom is -0.392 e. The normalized spacial score (nSPS) is 14.2. The molecule has 1 aromatic carbocycles. The summed E-state index contributed by atoms with van der Waals surface area (Å²) in [4.78, 5) is 8.89. The third kappa shape index (κ3) is 2.64. The number of rotatable bonds is 4. The van der Waals surface area contributed by atoms with Crippen molar-refractivity contribution in [1.29, 1.82) is 0 Å². The summed E-state index contributed by atoms with van der Waals surface area (Å²) in [5.74, 6) is 0.705. The molecule has 0 aliphatic heterocycles. The molecule has 0 aliphatic carbocycles. The fourth-order valence-electron chi connectivity index (χ4n) is 2.23. The number of hydrogen-bond donors (Lipinski definition) is 1. The van der Waals surface area contributed by atoms with Crippen molar-refractivity contribution in [2.24, 2.45) is 0 Å². The molecule has 2 unspecified atom stereocenters. The number of benzene rings is 1. The Morgan fingerprint density at radius 3 is 2.76 bits per heavy atom. The van der Waals surface area contributed by atoms with E-state index in [4.69, 9.17) is 4.52 Å². The second-order valence-corrected chi connectivity index (χ2v) is 5.11. The van der Waals surface area contributed by atoms with Gasteiger partial charge in [-0.1, -0.05) is 43.3 Å². The Balaban J connectivity index is 1.94. The highest BCUT2D eigenvalue weighted by Gasteiger charge is 2.21. The molecule has 3 aromatic rings. The Hall–Kier alpha value is -2.27. The average molecular weight is 283 g/mol. The van der Waals surface area contributed by atoms with Gasteiger partial charge in [-0.2, -0.15) is 4.98 Å². The summed E-state index contributed by atoms with van der Waals surface area (Å²) >= 11 is 0. The van der Waals surface area contributed by atoms with E-state index in [0.717, 1.165) is 10.9 Å². The zero-order valence-corrected chi connectivity index (χ0v) is 12.0. The monoisotopic (exact) mass is 283 g/mol. The Morgan fingerprint density at radius 1 is 1.14 bits per heavy atom. The lowest BCUT2D eigenvalue weighted by Crippen LogP contribution is -2.14. The van der Waals surface area contributed by atoms with Crippen molar-refractivity contribution in [2.45, 2.75) is 32.3 Å². The molecule has 0 spiro atoms. The number of pyridine rings is 1. The Kier molecular flexibility index (Phi) is 3.66. The molecule has 0 radical (unpaired) electrons. The van der Waals surface area contributed by atoms with E-state index in [1.165, 1.54) is 0 Å². The van der Waals surface area contributed by atoms with E-state index in [9.17, 15) is 5.11 Å². The summed E-state index contributed by atoms with van der Waals surface area (Å²) in [5, 5.41) is 14.9. The van der Waals surface area contributed by atoms with Crippen LogP contribution in [0.25, 0.3) is 22.4 Å². The van der Waals surface area contributed by atoms with Crippen molar-refractivity contribution in [1.82, 2.24) is 15.1 Å². The van der Waals surface area contributed by atoms with Gasteiger partial charge in [0, 0.05) is 5.39 Å². The van der Waals surface area contributed by atoms with E-state index in [-0.39, 0.29) is 5.92 Å². The Labute approximate surface area is 122 Å². The third-order valence-electron chi connectivity index (χ3n) is 3.65. The lowest BCUT2D eigenvalue weighted by Gasteiger charge is -2.11. The molecule has 2 atom stereocenters. The molecule has 0 saturated carbocycles. The molecule has 0 saturated heterocycles. The van der Waals surface area contributed by atoms with Crippen LogP contribution in [0.4, 0.5) is 0 Å². The third-order valence-corrected chi connectivity index (χ3v) is 3.65. The lowest BCUT2D eigenvalue weighted by atomic mass is 10.0. The average Bonchev–Trinajstić information content (AvgIpc) is 3.02. The fraction of sp³-hybridized carbons (Fsp3) is 0.312. The highest BCUT2D eigenvalue weighted by molar-refractivity contribution is 5.80. The molecule has 0 amide bonds. The maximum atomic E-state index is 9.86. The predicted molar refractivity (Wildman–Crippen MR) is 79.7 cm³/mol. The van der Waals surface area contributed by atoms with Gasteiger partial charge in [0.15, 0.2) is 0 Å². The van der Waals surface area contributed by atoms with Crippen LogP contribution in [0.2, 0.25) is 0 Å². The fourth-order valence-corrected chi connectivity index (χ4v) is 2.23. The summed E-state index contributed by atoms with van der Waals surface area (Å²) in [6.45, 7) is 3.79. The van der Waals surface area contributed by atoms with Crippen molar-refractivity contribution >= 4 is 10.9 Å². The zero-order chi connectivity index (χ0) is 14.8. The minimum absolute atomic E-state index is 0.184. The van der Waals surface area contributed by atoms with Crippen LogP contribution in [-0.2, 0) is 0 Å². The predicted octanol–water partition coefficient (Wildman–Crippen LogP) is 3.16. The van der Waals surface area contributed by atoms with Crippen molar-refractivity contribution in [3.63, 3.8) is 0 Å². The first kappa shape index (κ1) is 13.7. The molecule has 2 heterocycles. The lowest BCUT2D eigenvalue weighted by molar-refractivity contribution is 0.129. The highest BCUT2D eigenvalue weighted by Crippen LogP contribution is 2.23. The number of aliphatic hydroxyl groups is 1. The standard InChI is InChI=1S/C16H17N3O2/c1-3-14(20)10(2)16-18-15(19-21-16)13-9-8-11-6-4-5-7-12(11)17-13/h4-10,14,20H,3H2,1-2H3. The summed E-state index contributed by atoms with van der Waals surface area (Å²) < 4.78 is 5.25. The van der Waals surface area contributed by atoms with Crippen LogP contribution in [0.3, 0.4) is 0 Å². The number of aliphatic hydroxyl groups excluding tert-OH is 1. The maximum absolute atomic E-state index is 9.86. The number of hydrogen-bond acceptors (Lipinski definition) is 5. The van der Waals surface area contributed by atoms with E-state index < -0.39 is 6.10 Å². The van der Waals surface area contributed by atoms with E-state index >= 15 is 0 Å². The van der Waals surface area contributed by atoms with Gasteiger partial charge < -0.3 is 9.63 Å². The maximum Gasteiger partial charge on any atom is 0.232 e. The van der Waals surface area contributed by atoms with Gasteiger partial charge in [0.05, 0.1) is 17.5 Å². The molecule has 5 heteroatoms. The van der Waals surface area contributed by atoms with Gasteiger partial charge in [0.2, 0.25) is 11.7 Å². The molecule has 2 aromatic heterocycles. The topological polar surface area (TPSA) is 72.0 Å². The smallest absolute Gasteiger partial charge is 0.232 e. The van der Waals surface area contributed by atoms with Crippen molar-refractivity contribution in [3.05, 3.63) is 42.3 Å². The first-order valence-electron chi connectivity index (χ1n) is 7.07. The van der Waals surface area contributed by atoms with E-state index in [0.29, 0.717) is 23.8 Å². The van der Waals surface area contributed by atoms with Crippen LogP contribution in [-0.4, -0.2) is 26.3 Å². The van der Waals surface area contributed by atoms with E-state index in [1.54, 1.807) is 0 Å². The van der Waals surface area contributed by atoms with Gasteiger partial charge in [-0.3, -0.25) is 0 Å².